The van der Waals surface area contributed by atoms with Crippen molar-refractivity contribution >= 4 is 18.3 Å². The summed E-state index contributed by atoms with van der Waals surface area (Å²) in [7, 11) is -1.71. The lowest BCUT2D eigenvalue weighted by atomic mass is 9.80. The number of anilines is 1. The zero-order valence-corrected chi connectivity index (χ0v) is 5.53. The monoisotopic (exact) mass is 156 g/mol. The molecule has 0 aromatic carbocycles. The van der Waals surface area contributed by atoms with Gasteiger partial charge in [-0.3, -0.25) is 0 Å². The Bertz CT molecular complexity index is 269. The smallest absolute Gasteiger partial charge is 0.423 e. The van der Waals surface area contributed by atoms with E-state index in [-0.39, 0.29) is 11.2 Å². The van der Waals surface area contributed by atoms with Crippen LogP contribution in [-0.4, -0.2) is 22.2 Å². The molecule has 1 heterocycles. The van der Waals surface area contributed by atoms with Crippen LogP contribution in [0.2, 0.25) is 0 Å². The van der Waals surface area contributed by atoms with Gasteiger partial charge in [0.1, 0.15) is 0 Å². The van der Waals surface area contributed by atoms with Gasteiger partial charge in [0.05, 0.1) is 0 Å². The van der Waals surface area contributed by atoms with E-state index in [0.717, 1.165) is 12.3 Å². The molecule has 0 aliphatic carbocycles. The molecule has 1 rings (SSSR count). The highest BCUT2D eigenvalue weighted by atomic mass is 19.1. The van der Waals surface area contributed by atoms with E-state index < -0.39 is 13.1 Å². The second-order valence-corrected chi connectivity index (χ2v) is 2.01. The molecular weight excluding hydrogens is 150 g/mol. The predicted molar refractivity (Wildman–Crippen MR) is 38.4 cm³/mol. The number of aromatic nitrogens is 1. The maximum atomic E-state index is 12.3. The highest BCUT2D eigenvalue weighted by Gasteiger charge is 2.15. The fraction of sp³-hybridized carbons (Fsp3) is 0. The van der Waals surface area contributed by atoms with Gasteiger partial charge in [-0.1, -0.05) is 0 Å². The molecule has 0 atom stereocenters. The Hall–Kier alpha value is -1.14. The molecule has 6 heteroatoms. The van der Waals surface area contributed by atoms with Crippen molar-refractivity contribution in [3.05, 3.63) is 18.2 Å². The van der Waals surface area contributed by atoms with Crippen LogP contribution in [-0.2, 0) is 0 Å². The minimum atomic E-state index is -1.71. The zero-order chi connectivity index (χ0) is 8.43. The first-order valence-corrected chi connectivity index (χ1v) is 2.88. The van der Waals surface area contributed by atoms with Crippen molar-refractivity contribution in [2.45, 2.75) is 0 Å². The lowest BCUT2D eigenvalue weighted by molar-refractivity contribution is 0.425. The van der Waals surface area contributed by atoms with Gasteiger partial charge in [-0.15, -0.1) is 0 Å². The Morgan fingerprint density at radius 2 is 2.18 bits per heavy atom. The Labute approximate surface area is 62.6 Å². The van der Waals surface area contributed by atoms with E-state index in [9.17, 15) is 4.39 Å². The molecule has 0 amide bonds. The quantitative estimate of drug-likeness (QED) is 0.340. The lowest BCUT2D eigenvalue weighted by Crippen LogP contribution is -2.32. The first kappa shape index (κ1) is 7.97. The Balaban J connectivity index is 3.09. The van der Waals surface area contributed by atoms with Crippen molar-refractivity contribution in [1.29, 1.82) is 0 Å². The van der Waals surface area contributed by atoms with Gasteiger partial charge in [0.25, 0.3) is 0 Å². The average molecular weight is 156 g/mol. The van der Waals surface area contributed by atoms with Crippen molar-refractivity contribution in [3.63, 3.8) is 0 Å². The second kappa shape index (κ2) is 2.85. The number of nitrogens with zero attached hydrogens (tertiary/aromatic N) is 1. The third kappa shape index (κ3) is 1.66. The minimum absolute atomic E-state index is 0.00593. The van der Waals surface area contributed by atoms with Gasteiger partial charge in [0.2, 0.25) is 5.95 Å². The van der Waals surface area contributed by atoms with Crippen LogP contribution in [0.15, 0.2) is 12.3 Å². The highest BCUT2D eigenvalue weighted by molar-refractivity contribution is 6.60. The van der Waals surface area contributed by atoms with Crippen molar-refractivity contribution in [1.82, 2.24) is 4.98 Å². The molecule has 1 aromatic heterocycles. The Morgan fingerprint density at radius 3 is 2.64 bits per heavy atom. The van der Waals surface area contributed by atoms with Crippen LogP contribution >= 0.6 is 0 Å². The standard InChI is InChI=1S/C5H6BFN2O2/c7-5-1-4(8)3(2-9-5)6(10)11/h1-2,10-11H,(H2,8,9). The zero-order valence-electron chi connectivity index (χ0n) is 5.53. The molecule has 0 aliphatic heterocycles. The van der Waals surface area contributed by atoms with Crippen LogP contribution < -0.4 is 11.2 Å². The number of hydrogen-bond donors (Lipinski definition) is 3. The average Bonchev–Trinajstić information content (AvgIpc) is 1.85. The minimum Gasteiger partial charge on any atom is -0.423 e. The number of halogens is 1. The topological polar surface area (TPSA) is 79.4 Å². The fourth-order valence-corrected chi connectivity index (χ4v) is 0.670. The molecule has 0 unspecified atom stereocenters. The van der Waals surface area contributed by atoms with Crippen molar-refractivity contribution in [2.75, 3.05) is 5.73 Å². The molecular formula is C5H6BFN2O2. The van der Waals surface area contributed by atoms with Crippen molar-refractivity contribution in [3.8, 4) is 0 Å². The molecule has 4 nitrogen and oxygen atoms in total. The van der Waals surface area contributed by atoms with E-state index in [1.165, 1.54) is 0 Å². The molecule has 0 saturated heterocycles. The largest absolute Gasteiger partial charge is 0.492 e. The van der Waals surface area contributed by atoms with Gasteiger partial charge < -0.3 is 15.8 Å². The van der Waals surface area contributed by atoms with Crippen molar-refractivity contribution in [2.24, 2.45) is 0 Å². The molecule has 11 heavy (non-hydrogen) atoms. The number of nitrogens with two attached hydrogens (primary N) is 1. The number of rotatable bonds is 1. The Kier molecular flexibility index (Phi) is 2.07. The highest BCUT2D eigenvalue weighted by Crippen LogP contribution is 1.98. The fourth-order valence-electron chi connectivity index (χ4n) is 0.670. The summed E-state index contributed by atoms with van der Waals surface area (Å²) < 4.78 is 12.3. The first-order valence-electron chi connectivity index (χ1n) is 2.88. The molecule has 0 radical (unpaired) electrons. The number of pyridine rings is 1. The van der Waals surface area contributed by atoms with Crippen LogP contribution in [0.5, 0.6) is 0 Å². The summed E-state index contributed by atoms with van der Waals surface area (Å²) in [5.74, 6) is -0.744. The van der Waals surface area contributed by atoms with E-state index in [2.05, 4.69) is 4.98 Å². The molecule has 0 saturated carbocycles. The van der Waals surface area contributed by atoms with Crippen LogP contribution in [0.3, 0.4) is 0 Å². The van der Waals surface area contributed by atoms with Gasteiger partial charge in [0, 0.05) is 23.4 Å². The van der Waals surface area contributed by atoms with E-state index in [0.29, 0.717) is 0 Å². The molecule has 0 spiro atoms. The van der Waals surface area contributed by atoms with Gasteiger partial charge in [-0.25, -0.2) is 4.98 Å². The SMILES string of the molecule is Nc1cc(F)ncc1B(O)O. The summed E-state index contributed by atoms with van der Waals surface area (Å²) in [6, 6.07) is 0.925. The third-order valence-corrected chi connectivity index (χ3v) is 1.21. The predicted octanol–water partition coefficient (Wildman–Crippen LogP) is -1.52. The van der Waals surface area contributed by atoms with Gasteiger partial charge in [-0.05, 0) is 0 Å². The van der Waals surface area contributed by atoms with Crippen molar-refractivity contribution < 1.29 is 14.4 Å². The Morgan fingerprint density at radius 1 is 1.55 bits per heavy atom. The van der Waals surface area contributed by atoms with Crippen LogP contribution in [0, 0.1) is 5.95 Å². The second-order valence-electron chi connectivity index (χ2n) is 2.01. The summed E-state index contributed by atoms with van der Waals surface area (Å²) in [5.41, 5.74) is 5.21. The molecule has 0 aliphatic rings. The maximum absolute atomic E-state index is 12.3. The first-order chi connectivity index (χ1) is 5.11. The van der Waals surface area contributed by atoms with Crippen LogP contribution in [0.25, 0.3) is 0 Å². The lowest BCUT2D eigenvalue weighted by Gasteiger charge is -2.01. The maximum Gasteiger partial charge on any atom is 0.492 e. The van der Waals surface area contributed by atoms with E-state index in [1.54, 1.807) is 0 Å². The summed E-state index contributed by atoms with van der Waals surface area (Å²) in [6.07, 6.45) is 0.981. The molecule has 0 fully saturated rings. The van der Waals surface area contributed by atoms with Crippen LogP contribution in [0.1, 0.15) is 0 Å². The van der Waals surface area contributed by atoms with E-state index in [4.69, 9.17) is 15.8 Å². The number of hydrogen-bond acceptors (Lipinski definition) is 4. The van der Waals surface area contributed by atoms with Crippen LogP contribution in [0.4, 0.5) is 10.1 Å². The van der Waals surface area contributed by atoms with E-state index >= 15 is 0 Å². The normalized spacial score (nSPS) is 9.73. The summed E-state index contributed by atoms with van der Waals surface area (Å²) in [4.78, 5) is 3.19. The summed E-state index contributed by atoms with van der Waals surface area (Å²) in [5, 5.41) is 17.2. The summed E-state index contributed by atoms with van der Waals surface area (Å²) in [6.45, 7) is 0. The summed E-state index contributed by atoms with van der Waals surface area (Å²) >= 11 is 0. The number of nitrogen functional groups attached to an aromatic ring is 1. The van der Waals surface area contributed by atoms with Gasteiger partial charge in [0.15, 0.2) is 0 Å². The van der Waals surface area contributed by atoms with E-state index in [1.807, 2.05) is 0 Å². The molecule has 1 aromatic rings. The molecule has 58 valence electrons. The third-order valence-electron chi connectivity index (χ3n) is 1.21. The van der Waals surface area contributed by atoms with Gasteiger partial charge >= 0.3 is 7.12 Å². The molecule has 4 N–H and O–H groups in total. The molecule has 0 bridgehead atoms. The van der Waals surface area contributed by atoms with Gasteiger partial charge in [-0.2, -0.15) is 4.39 Å².